The van der Waals surface area contributed by atoms with Gasteiger partial charge in [-0.3, -0.25) is 19.6 Å². The van der Waals surface area contributed by atoms with Gasteiger partial charge in [0.15, 0.2) is 0 Å². The van der Waals surface area contributed by atoms with Crippen LogP contribution >= 0.6 is 11.6 Å². The summed E-state index contributed by atoms with van der Waals surface area (Å²) in [5.74, 6) is -0.547. The lowest BCUT2D eigenvalue weighted by molar-refractivity contribution is -0.384. The Hall–Kier alpha value is -3.63. The van der Waals surface area contributed by atoms with Gasteiger partial charge in [-0.25, -0.2) is 8.42 Å². The van der Waals surface area contributed by atoms with Gasteiger partial charge in [-0.1, -0.05) is 29.8 Å². The van der Waals surface area contributed by atoms with Gasteiger partial charge >= 0.3 is 0 Å². The molecular weight excluding hydrogens is 456 g/mol. The molecule has 3 aromatic carbocycles. The maximum Gasteiger partial charge on any atom is 0.293 e. The summed E-state index contributed by atoms with van der Waals surface area (Å²) in [4.78, 5) is 23.5. The van der Waals surface area contributed by atoms with Gasteiger partial charge in [0.1, 0.15) is 5.69 Å². The average molecular weight is 475 g/mol. The van der Waals surface area contributed by atoms with E-state index in [-0.39, 0.29) is 23.5 Å². The third-order valence-corrected chi connectivity index (χ3v) is 5.30. The van der Waals surface area contributed by atoms with Crippen molar-refractivity contribution in [2.45, 2.75) is 6.54 Å². The third kappa shape index (κ3) is 6.19. The van der Waals surface area contributed by atoms with Crippen molar-refractivity contribution in [2.75, 3.05) is 21.6 Å². The van der Waals surface area contributed by atoms with E-state index in [0.29, 0.717) is 16.4 Å². The van der Waals surface area contributed by atoms with Crippen LogP contribution in [0.5, 0.6) is 0 Å². The van der Waals surface area contributed by atoms with Crippen LogP contribution in [0.4, 0.5) is 22.7 Å². The number of hydrogen-bond acceptors (Lipinski definition) is 6. The molecule has 32 heavy (non-hydrogen) atoms. The van der Waals surface area contributed by atoms with Crippen molar-refractivity contribution in [2.24, 2.45) is 0 Å². The monoisotopic (exact) mass is 474 g/mol. The highest BCUT2D eigenvalue weighted by Gasteiger charge is 2.18. The molecular formula is C21H19ClN4O5S. The molecule has 11 heteroatoms. The van der Waals surface area contributed by atoms with Crippen LogP contribution in [0, 0.1) is 10.1 Å². The first kappa shape index (κ1) is 23.0. The van der Waals surface area contributed by atoms with Crippen molar-refractivity contribution in [1.82, 2.24) is 0 Å². The maximum atomic E-state index is 12.6. The van der Waals surface area contributed by atoms with Crippen LogP contribution in [0.15, 0.2) is 66.7 Å². The fourth-order valence-electron chi connectivity index (χ4n) is 2.84. The standard InChI is InChI=1S/C21H19ClN4O5S/c1-32(30,31)25-17-9-7-16(8-10-17)24-21(27)14-6-11-19(20(12-14)26(28)29)23-13-15-4-2-3-5-18(15)22/h2-12,23,25H,13H2,1H3,(H,24,27). The summed E-state index contributed by atoms with van der Waals surface area (Å²) in [6.45, 7) is 0.278. The van der Waals surface area contributed by atoms with Gasteiger partial charge in [-0.05, 0) is 48.0 Å². The van der Waals surface area contributed by atoms with Crippen LogP contribution in [0.3, 0.4) is 0 Å². The molecule has 0 fully saturated rings. The van der Waals surface area contributed by atoms with E-state index in [1.165, 1.54) is 42.5 Å². The molecule has 0 saturated carbocycles. The largest absolute Gasteiger partial charge is 0.375 e. The lowest BCUT2D eigenvalue weighted by atomic mass is 10.1. The predicted molar refractivity (Wildman–Crippen MR) is 125 cm³/mol. The number of benzene rings is 3. The SMILES string of the molecule is CS(=O)(=O)Nc1ccc(NC(=O)c2ccc(NCc3ccccc3Cl)c([N+](=O)[O-])c2)cc1. The van der Waals surface area contributed by atoms with Crippen molar-refractivity contribution >= 4 is 50.3 Å². The molecule has 3 N–H and O–H groups in total. The zero-order chi connectivity index (χ0) is 23.3. The highest BCUT2D eigenvalue weighted by Crippen LogP contribution is 2.27. The number of carbonyl (C=O) groups is 1. The maximum absolute atomic E-state index is 12.6. The second kappa shape index (κ2) is 9.67. The number of nitro benzene ring substituents is 1. The van der Waals surface area contributed by atoms with E-state index in [0.717, 1.165) is 11.8 Å². The number of anilines is 3. The Bertz CT molecular complexity index is 1260. The predicted octanol–water partition coefficient (Wildman–Crippen LogP) is 4.48. The first-order chi connectivity index (χ1) is 15.1. The van der Waals surface area contributed by atoms with Crippen molar-refractivity contribution in [1.29, 1.82) is 0 Å². The van der Waals surface area contributed by atoms with Crippen molar-refractivity contribution in [3.63, 3.8) is 0 Å². The smallest absolute Gasteiger partial charge is 0.293 e. The molecule has 0 saturated heterocycles. The Kier molecular flexibility index (Phi) is 6.96. The first-order valence-electron chi connectivity index (χ1n) is 9.27. The van der Waals surface area contributed by atoms with Crippen molar-refractivity contribution in [3.8, 4) is 0 Å². The van der Waals surface area contributed by atoms with Crippen LogP contribution in [0.25, 0.3) is 0 Å². The number of halogens is 1. The molecule has 0 heterocycles. The highest BCUT2D eigenvalue weighted by molar-refractivity contribution is 7.92. The number of nitrogens with one attached hydrogen (secondary N) is 3. The fraction of sp³-hybridized carbons (Fsp3) is 0.0952. The molecule has 3 rings (SSSR count). The van der Waals surface area contributed by atoms with Gasteiger partial charge in [-0.2, -0.15) is 0 Å². The van der Waals surface area contributed by atoms with E-state index in [4.69, 9.17) is 11.6 Å². The number of nitro groups is 1. The lowest BCUT2D eigenvalue weighted by Crippen LogP contribution is -2.13. The van der Waals surface area contributed by atoms with Gasteiger partial charge in [0.2, 0.25) is 10.0 Å². The van der Waals surface area contributed by atoms with Gasteiger partial charge in [-0.15, -0.1) is 0 Å². The second-order valence-electron chi connectivity index (χ2n) is 6.84. The van der Waals surface area contributed by atoms with Crippen LogP contribution in [-0.2, 0) is 16.6 Å². The molecule has 1 amide bonds. The quantitative estimate of drug-likeness (QED) is 0.326. The van der Waals surface area contributed by atoms with Gasteiger partial charge in [0.05, 0.1) is 11.2 Å². The minimum absolute atomic E-state index is 0.0957. The van der Waals surface area contributed by atoms with Gasteiger partial charge in [0, 0.05) is 34.6 Å². The summed E-state index contributed by atoms with van der Waals surface area (Å²) in [6, 6.07) is 17.2. The van der Waals surface area contributed by atoms with E-state index in [2.05, 4.69) is 15.4 Å². The van der Waals surface area contributed by atoms with Crippen LogP contribution in [0.1, 0.15) is 15.9 Å². The minimum atomic E-state index is -3.41. The Morgan fingerprint density at radius 1 is 1.03 bits per heavy atom. The molecule has 9 nitrogen and oxygen atoms in total. The number of amides is 1. The van der Waals surface area contributed by atoms with Gasteiger partial charge in [0.25, 0.3) is 11.6 Å². The molecule has 3 aromatic rings. The van der Waals surface area contributed by atoms with E-state index in [9.17, 15) is 23.3 Å². The normalized spacial score (nSPS) is 10.9. The van der Waals surface area contributed by atoms with Crippen molar-refractivity contribution in [3.05, 3.63) is 93.0 Å². The zero-order valence-corrected chi connectivity index (χ0v) is 18.4. The highest BCUT2D eigenvalue weighted by atomic mass is 35.5. The first-order valence-corrected chi connectivity index (χ1v) is 11.5. The summed E-state index contributed by atoms with van der Waals surface area (Å²) < 4.78 is 24.8. The van der Waals surface area contributed by atoms with E-state index < -0.39 is 20.9 Å². The molecule has 0 radical (unpaired) electrons. The summed E-state index contributed by atoms with van der Waals surface area (Å²) >= 11 is 6.12. The summed E-state index contributed by atoms with van der Waals surface area (Å²) in [5.41, 5.74) is 1.62. The Labute approximate surface area is 189 Å². The fourth-order valence-corrected chi connectivity index (χ4v) is 3.61. The minimum Gasteiger partial charge on any atom is -0.375 e. The third-order valence-electron chi connectivity index (χ3n) is 4.33. The molecule has 0 unspecified atom stereocenters. The van der Waals surface area contributed by atoms with Crippen molar-refractivity contribution < 1.29 is 18.1 Å². The van der Waals surface area contributed by atoms with Crippen LogP contribution < -0.4 is 15.4 Å². The molecule has 0 aromatic heterocycles. The molecule has 0 aliphatic rings. The zero-order valence-electron chi connectivity index (χ0n) is 16.8. The number of sulfonamides is 1. The Morgan fingerprint density at radius 3 is 2.31 bits per heavy atom. The van der Waals surface area contributed by atoms with Crippen LogP contribution in [0.2, 0.25) is 5.02 Å². The number of carbonyl (C=O) groups excluding carboxylic acids is 1. The van der Waals surface area contributed by atoms with Gasteiger partial charge < -0.3 is 10.6 Å². The number of nitrogens with zero attached hydrogens (tertiary/aromatic N) is 1. The Morgan fingerprint density at radius 2 is 1.69 bits per heavy atom. The van der Waals surface area contributed by atoms with E-state index in [1.54, 1.807) is 18.2 Å². The average Bonchev–Trinajstić information content (AvgIpc) is 2.73. The summed E-state index contributed by atoms with van der Waals surface area (Å²) in [5, 5.41) is 17.7. The second-order valence-corrected chi connectivity index (χ2v) is 9.00. The molecule has 0 spiro atoms. The summed E-state index contributed by atoms with van der Waals surface area (Å²) in [7, 11) is -3.41. The number of hydrogen-bond donors (Lipinski definition) is 3. The molecule has 0 aliphatic carbocycles. The Balaban J connectivity index is 1.73. The lowest BCUT2D eigenvalue weighted by Gasteiger charge is -2.11. The molecule has 166 valence electrons. The molecule has 0 bridgehead atoms. The van der Waals surface area contributed by atoms with E-state index in [1.807, 2.05) is 6.07 Å². The summed E-state index contributed by atoms with van der Waals surface area (Å²) in [6.07, 6.45) is 1.03. The van der Waals surface area contributed by atoms with Crippen LogP contribution in [-0.4, -0.2) is 25.5 Å². The number of rotatable bonds is 8. The topological polar surface area (TPSA) is 130 Å². The van der Waals surface area contributed by atoms with E-state index >= 15 is 0 Å². The molecule has 0 aliphatic heterocycles. The molecule has 0 atom stereocenters.